The number of aryl methyl sites for hydroxylation is 1. The molecule has 6 nitrogen and oxygen atoms in total. The third kappa shape index (κ3) is 1.84. The third-order valence-electron chi connectivity index (χ3n) is 3.61. The molecular formula is C14H15N5O. The Hall–Kier alpha value is -2.37. The number of nitrogen functional groups attached to an aromatic ring is 1. The highest BCUT2D eigenvalue weighted by Gasteiger charge is 2.30. The maximum absolute atomic E-state index is 5.84. The molecule has 2 heterocycles. The molecule has 20 heavy (non-hydrogen) atoms. The molecule has 1 saturated carbocycles. The van der Waals surface area contributed by atoms with Crippen molar-refractivity contribution < 1.29 is 4.52 Å². The molecule has 0 spiro atoms. The molecule has 102 valence electrons. The standard InChI is InChI=1S/C14H15N5O/c1-8-16-13(20-18-8)7-19-12-5-4-10(15)6-11(12)17-14(19)9-2-3-9/h4-6,9H,2-3,7,15H2,1H3. The minimum absolute atomic E-state index is 0.549. The first-order valence-corrected chi connectivity index (χ1v) is 6.75. The molecule has 1 aliphatic rings. The van der Waals surface area contributed by atoms with Crippen molar-refractivity contribution in [1.29, 1.82) is 0 Å². The maximum Gasteiger partial charge on any atom is 0.246 e. The minimum Gasteiger partial charge on any atom is -0.399 e. The summed E-state index contributed by atoms with van der Waals surface area (Å²) in [5.74, 6) is 2.91. The lowest BCUT2D eigenvalue weighted by molar-refractivity contribution is 0.367. The third-order valence-corrected chi connectivity index (χ3v) is 3.61. The van der Waals surface area contributed by atoms with Gasteiger partial charge in [0.05, 0.1) is 11.0 Å². The highest BCUT2D eigenvalue weighted by atomic mass is 16.5. The number of aromatic nitrogens is 4. The fraction of sp³-hybridized carbons (Fsp3) is 0.357. The molecule has 4 rings (SSSR count). The van der Waals surface area contributed by atoms with Crippen LogP contribution in [0.4, 0.5) is 5.69 Å². The zero-order chi connectivity index (χ0) is 13.7. The first kappa shape index (κ1) is 11.5. The van der Waals surface area contributed by atoms with Gasteiger partial charge < -0.3 is 14.8 Å². The van der Waals surface area contributed by atoms with Crippen LogP contribution in [0.3, 0.4) is 0 Å². The summed E-state index contributed by atoms with van der Waals surface area (Å²) in [5.41, 5.74) is 8.58. The molecule has 6 heteroatoms. The van der Waals surface area contributed by atoms with Gasteiger partial charge in [-0.3, -0.25) is 0 Å². The van der Waals surface area contributed by atoms with Gasteiger partial charge in [-0.05, 0) is 38.0 Å². The van der Waals surface area contributed by atoms with Crippen molar-refractivity contribution in [2.45, 2.75) is 32.2 Å². The van der Waals surface area contributed by atoms with Crippen LogP contribution in [0.15, 0.2) is 22.7 Å². The molecule has 0 radical (unpaired) electrons. The van der Waals surface area contributed by atoms with E-state index in [0.717, 1.165) is 22.5 Å². The number of anilines is 1. The number of imidazole rings is 1. The Morgan fingerprint density at radius 2 is 2.20 bits per heavy atom. The first-order valence-electron chi connectivity index (χ1n) is 6.75. The van der Waals surface area contributed by atoms with E-state index in [1.165, 1.54) is 12.8 Å². The van der Waals surface area contributed by atoms with Crippen molar-refractivity contribution >= 4 is 16.7 Å². The molecule has 0 amide bonds. The van der Waals surface area contributed by atoms with Gasteiger partial charge in [-0.2, -0.15) is 4.98 Å². The molecule has 0 unspecified atom stereocenters. The van der Waals surface area contributed by atoms with Gasteiger partial charge in [-0.15, -0.1) is 0 Å². The van der Waals surface area contributed by atoms with E-state index in [1.807, 2.05) is 25.1 Å². The van der Waals surface area contributed by atoms with Gasteiger partial charge in [0.15, 0.2) is 5.82 Å². The summed E-state index contributed by atoms with van der Waals surface area (Å²) in [4.78, 5) is 9.01. The summed E-state index contributed by atoms with van der Waals surface area (Å²) in [6.07, 6.45) is 2.39. The Bertz CT molecular complexity index is 784. The molecule has 1 fully saturated rings. The van der Waals surface area contributed by atoms with Crippen molar-refractivity contribution in [2.24, 2.45) is 0 Å². The van der Waals surface area contributed by atoms with Gasteiger partial charge in [0, 0.05) is 11.6 Å². The van der Waals surface area contributed by atoms with Crippen LogP contribution < -0.4 is 5.73 Å². The summed E-state index contributed by atoms with van der Waals surface area (Å²) in [6, 6.07) is 5.82. The average Bonchev–Trinajstić information content (AvgIpc) is 3.10. The van der Waals surface area contributed by atoms with E-state index in [9.17, 15) is 0 Å². The fourth-order valence-electron chi connectivity index (χ4n) is 2.52. The second-order valence-corrected chi connectivity index (χ2v) is 5.31. The number of hydrogen-bond acceptors (Lipinski definition) is 5. The van der Waals surface area contributed by atoms with Crippen LogP contribution in [0.2, 0.25) is 0 Å². The average molecular weight is 269 g/mol. The molecule has 0 bridgehead atoms. The van der Waals surface area contributed by atoms with Crippen LogP contribution in [-0.4, -0.2) is 19.7 Å². The Morgan fingerprint density at radius 1 is 1.35 bits per heavy atom. The summed E-state index contributed by atoms with van der Waals surface area (Å²) in [5, 5.41) is 3.84. The van der Waals surface area contributed by atoms with Crippen molar-refractivity contribution in [3.8, 4) is 0 Å². The smallest absolute Gasteiger partial charge is 0.246 e. The topological polar surface area (TPSA) is 82.8 Å². The summed E-state index contributed by atoms with van der Waals surface area (Å²) < 4.78 is 7.40. The lowest BCUT2D eigenvalue weighted by Crippen LogP contribution is -2.04. The second kappa shape index (κ2) is 4.06. The quantitative estimate of drug-likeness (QED) is 0.737. The van der Waals surface area contributed by atoms with Gasteiger partial charge >= 0.3 is 0 Å². The SMILES string of the molecule is Cc1noc(Cn2c(C3CC3)nc3cc(N)ccc32)n1. The predicted molar refractivity (Wildman–Crippen MR) is 74.3 cm³/mol. The van der Waals surface area contributed by atoms with Gasteiger partial charge in [0.1, 0.15) is 12.4 Å². The monoisotopic (exact) mass is 269 g/mol. The first-order chi connectivity index (χ1) is 9.70. The predicted octanol–water partition coefficient (Wildman–Crippen LogP) is 2.24. The number of benzene rings is 1. The number of hydrogen-bond donors (Lipinski definition) is 1. The number of nitrogens with zero attached hydrogens (tertiary/aromatic N) is 4. The fourth-order valence-corrected chi connectivity index (χ4v) is 2.52. The van der Waals surface area contributed by atoms with E-state index >= 15 is 0 Å². The van der Waals surface area contributed by atoms with Crippen molar-refractivity contribution in [3.63, 3.8) is 0 Å². The van der Waals surface area contributed by atoms with Gasteiger partial charge in [-0.1, -0.05) is 5.16 Å². The van der Waals surface area contributed by atoms with E-state index in [1.54, 1.807) is 0 Å². The van der Waals surface area contributed by atoms with Crippen molar-refractivity contribution in [2.75, 3.05) is 5.73 Å². The summed E-state index contributed by atoms with van der Waals surface area (Å²) >= 11 is 0. The van der Waals surface area contributed by atoms with Crippen LogP contribution >= 0.6 is 0 Å². The van der Waals surface area contributed by atoms with Gasteiger partial charge in [0.25, 0.3) is 0 Å². The molecule has 2 aromatic heterocycles. The normalized spacial score (nSPS) is 15.1. The second-order valence-electron chi connectivity index (χ2n) is 5.31. The highest BCUT2D eigenvalue weighted by Crippen LogP contribution is 2.41. The number of fused-ring (bicyclic) bond motifs is 1. The highest BCUT2D eigenvalue weighted by molar-refractivity contribution is 5.80. The van der Waals surface area contributed by atoms with E-state index in [2.05, 4.69) is 14.7 Å². The Morgan fingerprint density at radius 3 is 2.90 bits per heavy atom. The molecule has 1 aromatic carbocycles. The van der Waals surface area contributed by atoms with Crippen LogP contribution in [0, 0.1) is 6.92 Å². The Balaban J connectivity index is 1.84. The van der Waals surface area contributed by atoms with Crippen LogP contribution in [0.25, 0.3) is 11.0 Å². The minimum atomic E-state index is 0.549. The zero-order valence-corrected chi connectivity index (χ0v) is 11.2. The molecule has 0 saturated heterocycles. The van der Waals surface area contributed by atoms with Crippen LogP contribution in [0.5, 0.6) is 0 Å². The summed E-state index contributed by atoms with van der Waals surface area (Å²) in [6.45, 7) is 2.38. The molecule has 3 aromatic rings. The molecule has 0 aliphatic heterocycles. The molecule has 2 N–H and O–H groups in total. The largest absolute Gasteiger partial charge is 0.399 e. The Labute approximate surface area is 115 Å². The van der Waals surface area contributed by atoms with Gasteiger partial charge in [0.2, 0.25) is 5.89 Å². The molecule has 1 aliphatic carbocycles. The van der Waals surface area contributed by atoms with E-state index < -0.39 is 0 Å². The number of rotatable bonds is 3. The van der Waals surface area contributed by atoms with Gasteiger partial charge in [-0.25, -0.2) is 4.98 Å². The van der Waals surface area contributed by atoms with E-state index in [0.29, 0.717) is 24.2 Å². The lowest BCUT2D eigenvalue weighted by Gasteiger charge is -2.05. The van der Waals surface area contributed by atoms with Crippen LogP contribution in [0.1, 0.15) is 36.3 Å². The maximum atomic E-state index is 5.84. The van der Waals surface area contributed by atoms with E-state index in [4.69, 9.17) is 15.2 Å². The van der Waals surface area contributed by atoms with Crippen molar-refractivity contribution in [1.82, 2.24) is 19.7 Å². The van der Waals surface area contributed by atoms with E-state index in [-0.39, 0.29) is 0 Å². The number of nitrogens with two attached hydrogens (primary N) is 1. The molecular weight excluding hydrogens is 254 g/mol. The Kier molecular flexibility index (Phi) is 2.33. The van der Waals surface area contributed by atoms with Crippen molar-refractivity contribution in [3.05, 3.63) is 35.7 Å². The lowest BCUT2D eigenvalue weighted by atomic mass is 10.3. The summed E-state index contributed by atoms with van der Waals surface area (Å²) in [7, 11) is 0. The molecule has 0 atom stereocenters. The zero-order valence-electron chi connectivity index (χ0n) is 11.2. The van der Waals surface area contributed by atoms with Crippen LogP contribution in [-0.2, 0) is 6.54 Å².